The first kappa shape index (κ1) is 104. The highest BCUT2D eigenvalue weighted by Crippen LogP contribution is 2.46. The summed E-state index contributed by atoms with van der Waals surface area (Å²) in [7, 11) is 4.00. The minimum absolute atomic E-state index is 0.0381. The molecule has 5 saturated carbocycles. The van der Waals surface area contributed by atoms with Gasteiger partial charge in [0.1, 0.15) is 101 Å². The van der Waals surface area contributed by atoms with Crippen LogP contribution in [0.15, 0.2) is 67.3 Å². The van der Waals surface area contributed by atoms with E-state index >= 15 is 0 Å². The second-order valence-electron chi connectivity index (χ2n) is 41.4. The van der Waals surface area contributed by atoms with E-state index in [4.69, 9.17) is 87.7 Å². The fraction of sp³-hybridized carbons (Fsp3) is 0.640. The van der Waals surface area contributed by atoms with Gasteiger partial charge in [0.15, 0.2) is 0 Å². The van der Waals surface area contributed by atoms with Crippen molar-refractivity contribution in [2.24, 2.45) is 57.5 Å². The molecule has 4 bridgehead atoms. The van der Waals surface area contributed by atoms with Crippen LogP contribution in [0.3, 0.4) is 0 Å². The lowest BCUT2D eigenvalue weighted by Gasteiger charge is -2.34. The zero-order chi connectivity index (χ0) is 99.6. The fourth-order valence-corrected chi connectivity index (χ4v) is 19.9. The first-order chi connectivity index (χ1) is 65.5. The molecule has 3 aromatic heterocycles. The summed E-state index contributed by atoms with van der Waals surface area (Å²) >= 11 is 0. The molecular formula is C100H136N12O25S. The van der Waals surface area contributed by atoms with E-state index in [0.29, 0.717) is 121 Å². The lowest BCUT2D eigenvalue weighted by Crippen LogP contribution is -2.49. The Morgan fingerprint density at radius 3 is 1.57 bits per heavy atom. The Hall–Kier alpha value is -11.4. The van der Waals surface area contributed by atoms with E-state index in [2.05, 4.69) is 17.2 Å². The van der Waals surface area contributed by atoms with Gasteiger partial charge in [0.05, 0.1) is 112 Å². The molecule has 5 aliphatic carbocycles. The molecule has 7 N–H and O–H groups in total. The summed E-state index contributed by atoms with van der Waals surface area (Å²) in [6.07, 6.45) is 17.9. The summed E-state index contributed by atoms with van der Waals surface area (Å²) in [6, 6.07) is 13.3. The molecule has 0 unspecified atom stereocenters. The van der Waals surface area contributed by atoms with Crippen LogP contribution in [0.1, 0.15) is 227 Å². The molecule has 8 fully saturated rings. The molecule has 5 aliphatic heterocycles. The van der Waals surface area contributed by atoms with Crippen molar-refractivity contribution in [1.29, 1.82) is 0 Å². The number of carbonyl (C=O) groups excluding carboxylic acids is 8. The number of fused-ring (bicyclic) bond motifs is 11. The molecule has 752 valence electrons. The number of esters is 4. The molecule has 0 spiro atoms. The first-order valence-electron chi connectivity index (χ1n) is 48.3. The van der Waals surface area contributed by atoms with E-state index in [1.807, 2.05) is 94.8 Å². The average Bonchev–Trinajstić information content (AvgIpc) is 1.59. The van der Waals surface area contributed by atoms with Gasteiger partial charge < -0.3 is 88.5 Å². The van der Waals surface area contributed by atoms with Crippen LogP contribution >= 0.6 is 0 Å². The van der Waals surface area contributed by atoms with Crippen molar-refractivity contribution in [1.82, 2.24) is 55.1 Å². The van der Waals surface area contributed by atoms with Gasteiger partial charge in [-0.05, 0) is 167 Å². The van der Waals surface area contributed by atoms with Gasteiger partial charge in [0.2, 0.25) is 39.5 Å². The number of ether oxygens (including phenoxy) is 11. The predicted molar refractivity (Wildman–Crippen MR) is 505 cm³/mol. The van der Waals surface area contributed by atoms with Crippen LogP contribution in [0.5, 0.6) is 34.9 Å². The number of methoxy groups -OCH3 is 5. The monoisotopic (exact) mass is 1940 g/mol. The van der Waals surface area contributed by atoms with Crippen LogP contribution in [0.2, 0.25) is 0 Å². The lowest BCUT2D eigenvalue weighted by atomic mass is 9.77. The first-order valence-corrected chi connectivity index (χ1v) is 49.9. The van der Waals surface area contributed by atoms with Gasteiger partial charge in [0, 0.05) is 49.9 Å². The topological polar surface area (TPSA) is 493 Å². The number of nitrogens with zero attached hydrogens (tertiary/aromatic N) is 8. The van der Waals surface area contributed by atoms with Crippen LogP contribution in [0, 0.1) is 51.8 Å². The number of carboxylic acid groups (broad SMARTS) is 2. The number of hydrogen-bond acceptors (Lipinski definition) is 31. The maximum absolute atomic E-state index is 14.0. The van der Waals surface area contributed by atoms with Crippen LogP contribution in [-0.4, -0.2) is 245 Å². The Morgan fingerprint density at radius 2 is 1.10 bits per heavy atom. The number of benzene rings is 3. The number of nitrogens with one attached hydrogen (secondary N) is 3. The summed E-state index contributed by atoms with van der Waals surface area (Å²) in [6.45, 7) is 21.0. The third kappa shape index (κ3) is 27.0. The lowest BCUT2D eigenvalue weighted by molar-refractivity contribution is -0.157. The molecule has 37 nitrogen and oxygen atoms in total. The van der Waals surface area contributed by atoms with Gasteiger partial charge in [-0.15, -0.1) is 6.58 Å². The molecule has 16 rings (SSSR count). The van der Waals surface area contributed by atoms with Crippen molar-refractivity contribution in [2.45, 2.75) is 301 Å². The Morgan fingerprint density at radius 1 is 0.601 bits per heavy atom. The van der Waals surface area contributed by atoms with Crippen molar-refractivity contribution in [3.05, 3.63) is 84.3 Å². The Labute approximate surface area is 805 Å². The van der Waals surface area contributed by atoms with E-state index < -0.39 is 121 Å². The van der Waals surface area contributed by atoms with E-state index in [1.54, 1.807) is 54.2 Å². The quantitative estimate of drug-likeness (QED) is 0.0169. The number of aromatic nitrogens is 6. The van der Waals surface area contributed by atoms with Gasteiger partial charge in [-0.2, -0.15) is 0 Å². The van der Waals surface area contributed by atoms with Gasteiger partial charge in [-0.3, -0.25) is 33.5 Å². The molecule has 138 heavy (non-hydrogen) atoms. The summed E-state index contributed by atoms with van der Waals surface area (Å²) in [5, 5.41) is 24.7. The second-order valence-corrected chi connectivity index (χ2v) is 43.3. The second kappa shape index (κ2) is 44.4. The predicted octanol–water partition coefficient (Wildman–Crippen LogP) is 11.6. The highest BCUT2D eigenvalue weighted by molar-refractivity contribution is 7.91. The van der Waals surface area contributed by atoms with Gasteiger partial charge >= 0.3 is 41.9 Å². The van der Waals surface area contributed by atoms with Crippen molar-refractivity contribution >= 4 is 103 Å². The summed E-state index contributed by atoms with van der Waals surface area (Å²) in [4.78, 5) is 158. The number of unbranched alkanes of at least 4 members (excludes halogenated alkanes) is 2. The number of carboxylic acids is 2. The summed E-state index contributed by atoms with van der Waals surface area (Å²) < 4.78 is 87.0. The van der Waals surface area contributed by atoms with Crippen LogP contribution in [0.4, 0.5) is 4.79 Å². The summed E-state index contributed by atoms with van der Waals surface area (Å²) in [5.74, 6) is -2.25. The van der Waals surface area contributed by atoms with Crippen molar-refractivity contribution < 1.29 is 119 Å². The Kier molecular flexibility index (Phi) is 33.4. The zero-order valence-corrected chi connectivity index (χ0v) is 82.5. The minimum atomic E-state index is -3.47. The van der Waals surface area contributed by atoms with Crippen molar-refractivity contribution in [3.63, 3.8) is 0 Å². The Balaban J connectivity index is 0.000000162. The number of sulfonamides is 1. The molecular weight excluding hydrogens is 1800 g/mol. The molecule has 4 amide bonds. The largest absolute Gasteiger partial charge is 0.497 e. The third-order valence-electron chi connectivity index (χ3n) is 27.6. The highest BCUT2D eigenvalue weighted by Gasteiger charge is 2.58. The molecule has 3 aromatic carbocycles. The van der Waals surface area contributed by atoms with Crippen LogP contribution in [-0.2, 0) is 96.1 Å². The van der Waals surface area contributed by atoms with Gasteiger partial charge in [-0.1, -0.05) is 107 Å². The standard InChI is InChI=1S/C31H41N3O7.C30H42N4O8.C30H39N3O7.C9H14N2O3S/c1-31(2,3)21-16-27(35)41-26-13-18(26)9-7-6-8-10-23-28(33-24-14-19(38-4)11-12-22(24)32-23)40-20-15-25(30(37)39-5)34(17-20)29(21)36;1-30(2,3)25(27(35)36)34-29(38)42-24-13-17(24)9-7-6-8-10-21-26(41-19-15-23(31-16-19)28(37)40-5)33-22-14-18(39-4)11-12-20(22)32-21;1-30(2,3)20-15-26(34)40-25-12-17(25)8-6-5-7-9-22-27(32-23-13-18(38-4)10-11-21(23)31-22)39-19-14-24(29(36)37)33(16-19)28(20)35;1-2-6-5-9(6,10)8(12)11-15(13,14)7-3-4-7/h11-12,14,18,20-21,25-26H,6-10,13,15-17H2,1-5H3;11-12,14,17,19,23-25,31H,6-10,13,15-16H2,1-5H3,(H,34,38)(H,35,36);10-11,13,17,19-20,24-25H,5-9,12,14-16H2,1-4H3,(H,36,37);2,6-7H,1,3-5,10H2,(H,11,12)/t18-,20-,21-,25+,26-;17-,19-,23+,24-,25-;17-,19-,20-,24+,25-;6-,9-/m1111/s1. The normalized spacial score (nSPS) is 26.8. The van der Waals surface area contributed by atoms with E-state index in [-0.39, 0.29) is 92.9 Å². The van der Waals surface area contributed by atoms with Crippen molar-refractivity contribution in [3.8, 4) is 34.9 Å². The number of amides is 4. The van der Waals surface area contributed by atoms with Crippen molar-refractivity contribution in [2.75, 3.05) is 55.2 Å². The zero-order valence-electron chi connectivity index (χ0n) is 81.6. The molecule has 38 heteroatoms. The van der Waals surface area contributed by atoms with E-state index in [0.717, 1.165) is 130 Å². The maximum atomic E-state index is 14.0. The molecule has 3 saturated heterocycles. The Bertz CT molecular complexity index is 5590. The number of nitrogens with two attached hydrogens (primary N) is 1. The van der Waals surface area contributed by atoms with Gasteiger partial charge in [-0.25, -0.2) is 57.5 Å². The molecule has 6 aromatic rings. The molecule has 0 radical (unpaired) electrons. The number of aryl methyl sites for hydroxylation is 3. The van der Waals surface area contributed by atoms with E-state index in [9.17, 15) is 66.6 Å². The highest BCUT2D eigenvalue weighted by atomic mass is 32.2. The van der Waals surface area contributed by atoms with Crippen LogP contribution < -0.4 is 49.5 Å². The summed E-state index contributed by atoms with van der Waals surface area (Å²) in [5.41, 5.74) is 9.36. The smallest absolute Gasteiger partial charge is 0.408 e. The van der Waals surface area contributed by atoms with E-state index in [1.165, 1.54) is 24.0 Å². The molecule has 10 aliphatic rings. The number of alkyl carbamates (subject to hydrolysis) is 1. The minimum Gasteiger partial charge on any atom is -0.497 e. The average molecular weight is 1940 g/mol. The van der Waals surface area contributed by atoms with Gasteiger partial charge in [0.25, 0.3) is 5.91 Å². The fourth-order valence-electron chi connectivity index (χ4n) is 18.6. The number of carbonyl (C=O) groups is 10. The number of hydrogen-bond donors (Lipinski definition) is 6. The third-order valence-corrected chi connectivity index (χ3v) is 29.4. The SMILES string of the molecule is C=C[C@@H]1C[C@]1(N)C(=O)NS(=O)(=O)C1CC1.COC(=O)[C@@H]1C[C@@H](Oc2nc3cc(OC)ccc3nc2CCCCC[C@@H]2C[C@H]2OC(=O)N[C@H](C(=O)O)C(C)(C)C)CN1.COC(=O)[C@@H]1C[C@@H]2CN1C(=O)[C@H](C(C)(C)C)CC(=O)O[C@@H]1C[C@H]1CCCCCc1nc3ccc(OC)cc3nc1O2.COc1ccc2nc3c(nc2c1)O[C@@H]1C[C@@H](C(=O)O)N(C1)C(=O)[C@H](C(C)(C)C)CC(=O)O[C@@H]1C[C@H]1CCCCC3. The molecule has 8 heterocycles. The van der Waals surface area contributed by atoms with Crippen LogP contribution in [0.25, 0.3) is 33.1 Å². The number of rotatable bonds is 21. The maximum Gasteiger partial charge on any atom is 0.408 e. The molecule has 17 atom stereocenters. The number of aliphatic carboxylic acids is 2.